The average Bonchev–Trinajstić information content (AvgIpc) is 2.76. The normalized spacial score (nSPS) is 12.4. The van der Waals surface area contributed by atoms with Crippen LogP contribution < -0.4 is 30.2 Å². The molecule has 2 aromatic carbocycles. The molecule has 3 rings (SSSR count). The zero-order valence-electron chi connectivity index (χ0n) is 16.8. The molecule has 0 atom stereocenters. The Morgan fingerprint density at radius 2 is 1.80 bits per heavy atom. The molecule has 9 heteroatoms. The van der Waals surface area contributed by atoms with Crippen LogP contribution in [0.1, 0.15) is 23.2 Å². The fourth-order valence-corrected chi connectivity index (χ4v) is 3.18. The van der Waals surface area contributed by atoms with Gasteiger partial charge in [-0.3, -0.25) is 14.4 Å². The van der Waals surface area contributed by atoms with Gasteiger partial charge in [0.2, 0.25) is 11.8 Å². The average molecular weight is 413 g/mol. The minimum Gasteiger partial charge on any atom is -0.493 e. The molecule has 1 aliphatic heterocycles. The van der Waals surface area contributed by atoms with Gasteiger partial charge in [0.1, 0.15) is 12.4 Å². The number of amides is 3. The highest BCUT2D eigenvalue weighted by Crippen LogP contribution is 2.34. The summed E-state index contributed by atoms with van der Waals surface area (Å²) in [5, 5.41) is 2.62. The van der Waals surface area contributed by atoms with Gasteiger partial charge < -0.3 is 30.2 Å². The number of nitrogens with two attached hydrogens (primary N) is 1. The van der Waals surface area contributed by atoms with Crippen LogP contribution in [0.2, 0.25) is 0 Å². The number of benzene rings is 2. The molecule has 1 aliphatic rings. The zero-order chi connectivity index (χ0) is 21.7. The number of anilines is 2. The summed E-state index contributed by atoms with van der Waals surface area (Å²) in [5.41, 5.74) is 6.36. The van der Waals surface area contributed by atoms with Crippen LogP contribution in [0.15, 0.2) is 36.4 Å². The molecule has 0 aromatic heterocycles. The molecule has 1 heterocycles. The number of rotatable bonds is 7. The Morgan fingerprint density at radius 1 is 1.10 bits per heavy atom. The number of carbonyl (C=O) groups is 3. The second kappa shape index (κ2) is 9.17. The Balaban J connectivity index is 1.68. The molecule has 3 amide bonds. The molecule has 158 valence electrons. The van der Waals surface area contributed by atoms with E-state index >= 15 is 0 Å². The van der Waals surface area contributed by atoms with Gasteiger partial charge >= 0.3 is 0 Å². The molecule has 0 saturated carbocycles. The van der Waals surface area contributed by atoms with Crippen LogP contribution in [0.4, 0.5) is 11.4 Å². The number of hydrogen-bond acceptors (Lipinski definition) is 6. The summed E-state index contributed by atoms with van der Waals surface area (Å²) < 4.78 is 15.9. The standard InChI is InChI=1S/C21H23N3O6/c1-28-17-11-13(21(22)27)14(12-18(17)29-2)23-19(25)7-8-20(26)24-9-10-30-16-6-4-3-5-15(16)24/h3-6,11-12H,7-10H2,1-2H3,(H2,22,27)(H,23,25). The number of nitrogens with one attached hydrogen (secondary N) is 1. The number of methoxy groups -OCH3 is 2. The SMILES string of the molecule is COc1cc(NC(=O)CCC(=O)N2CCOc3ccccc32)c(C(N)=O)cc1OC. The van der Waals surface area contributed by atoms with Crippen molar-refractivity contribution in [2.45, 2.75) is 12.8 Å². The summed E-state index contributed by atoms with van der Waals surface area (Å²) in [6.45, 7) is 0.807. The van der Waals surface area contributed by atoms with Crippen molar-refractivity contribution in [3.8, 4) is 17.2 Å². The van der Waals surface area contributed by atoms with Gasteiger partial charge in [-0.15, -0.1) is 0 Å². The summed E-state index contributed by atoms with van der Waals surface area (Å²) in [6.07, 6.45) is -0.0652. The number of hydrogen-bond donors (Lipinski definition) is 2. The fourth-order valence-electron chi connectivity index (χ4n) is 3.18. The molecule has 0 spiro atoms. The first-order valence-electron chi connectivity index (χ1n) is 9.32. The van der Waals surface area contributed by atoms with E-state index in [1.165, 1.54) is 26.4 Å². The van der Waals surface area contributed by atoms with Crippen LogP contribution in [0.25, 0.3) is 0 Å². The monoisotopic (exact) mass is 413 g/mol. The van der Waals surface area contributed by atoms with Crippen LogP contribution in [0.3, 0.4) is 0 Å². The van der Waals surface area contributed by atoms with E-state index in [0.717, 1.165) is 0 Å². The second-order valence-corrected chi connectivity index (χ2v) is 6.53. The third-order valence-electron chi connectivity index (χ3n) is 4.66. The third kappa shape index (κ3) is 4.45. The van der Waals surface area contributed by atoms with E-state index in [1.54, 1.807) is 17.0 Å². The van der Waals surface area contributed by atoms with Crippen LogP contribution >= 0.6 is 0 Å². The van der Waals surface area contributed by atoms with E-state index in [1.807, 2.05) is 12.1 Å². The molecule has 0 aliphatic carbocycles. The Morgan fingerprint density at radius 3 is 2.50 bits per heavy atom. The van der Waals surface area contributed by atoms with Gasteiger partial charge in [0.15, 0.2) is 11.5 Å². The smallest absolute Gasteiger partial charge is 0.250 e. The minimum atomic E-state index is -0.729. The van der Waals surface area contributed by atoms with Gasteiger partial charge in [-0.25, -0.2) is 0 Å². The molecule has 30 heavy (non-hydrogen) atoms. The van der Waals surface area contributed by atoms with E-state index in [2.05, 4.69) is 5.32 Å². The lowest BCUT2D eigenvalue weighted by Gasteiger charge is -2.29. The molecule has 0 radical (unpaired) electrons. The minimum absolute atomic E-state index is 0.000633. The molecule has 2 aromatic rings. The fraction of sp³-hybridized carbons (Fsp3) is 0.286. The number of carbonyl (C=O) groups excluding carboxylic acids is 3. The highest BCUT2D eigenvalue weighted by Gasteiger charge is 2.24. The van der Waals surface area contributed by atoms with E-state index in [4.69, 9.17) is 19.9 Å². The second-order valence-electron chi connectivity index (χ2n) is 6.53. The van der Waals surface area contributed by atoms with Gasteiger partial charge in [0.05, 0.1) is 37.7 Å². The maximum Gasteiger partial charge on any atom is 0.250 e. The van der Waals surface area contributed by atoms with Crippen molar-refractivity contribution in [1.29, 1.82) is 0 Å². The molecule has 0 unspecified atom stereocenters. The summed E-state index contributed by atoms with van der Waals surface area (Å²) >= 11 is 0. The van der Waals surface area contributed by atoms with Crippen molar-refractivity contribution in [2.24, 2.45) is 5.73 Å². The zero-order valence-corrected chi connectivity index (χ0v) is 16.8. The predicted molar refractivity (Wildman–Crippen MR) is 110 cm³/mol. The van der Waals surface area contributed by atoms with Gasteiger partial charge in [-0.1, -0.05) is 12.1 Å². The van der Waals surface area contributed by atoms with Gasteiger partial charge in [-0.2, -0.15) is 0 Å². The van der Waals surface area contributed by atoms with Crippen molar-refractivity contribution >= 4 is 29.1 Å². The largest absolute Gasteiger partial charge is 0.493 e. The predicted octanol–water partition coefficient (Wildman–Crippen LogP) is 1.95. The Bertz CT molecular complexity index is 975. The van der Waals surface area contributed by atoms with E-state index in [-0.39, 0.29) is 30.0 Å². The number of para-hydroxylation sites is 2. The van der Waals surface area contributed by atoms with Crippen LogP contribution in [-0.4, -0.2) is 45.1 Å². The van der Waals surface area contributed by atoms with Crippen molar-refractivity contribution in [3.63, 3.8) is 0 Å². The topological polar surface area (TPSA) is 120 Å². The number of ether oxygens (including phenoxy) is 3. The third-order valence-corrected chi connectivity index (χ3v) is 4.66. The van der Waals surface area contributed by atoms with E-state index in [0.29, 0.717) is 36.1 Å². The maximum absolute atomic E-state index is 12.7. The first-order valence-corrected chi connectivity index (χ1v) is 9.32. The van der Waals surface area contributed by atoms with Crippen molar-refractivity contribution in [3.05, 3.63) is 42.0 Å². The van der Waals surface area contributed by atoms with Crippen molar-refractivity contribution in [2.75, 3.05) is 37.6 Å². The molecule has 0 bridgehead atoms. The first-order chi connectivity index (χ1) is 14.4. The molecular formula is C21H23N3O6. The molecular weight excluding hydrogens is 390 g/mol. The summed E-state index contributed by atoms with van der Waals surface area (Å²) in [5.74, 6) is -0.0718. The molecule has 0 saturated heterocycles. The molecule has 3 N–H and O–H groups in total. The number of nitrogens with zero attached hydrogens (tertiary/aromatic N) is 1. The summed E-state index contributed by atoms with van der Waals surface area (Å²) in [6, 6.07) is 10.1. The Hall–Kier alpha value is -3.75. The van der Waals surface area contributed by atoms with Gasteiger partial charge in [-0.05, 0) is 18.2 Å². The number of fused-ring (bicyclic) bond motifs is 1. The molecule has 9 nitrogen and oxygen atoms in total. The summed E-state index contributed by atoms with van der Waals surface area (Å²) in [4.78, 5) is 38.5. The lowest BCUT2D eigenvalue weighted by Crippen LogP contribution is -2.38. The highest BCUT2D eigenvalue weighted by atomic mass is 16.5. The van der Waals surface area contributed by atoms with E-state index in [9.17, 15) is 14.4 Å². The van der Waals surface area contributed by atoms with Crippen molar-refractivity contribution in [1.82, 2.24) is 0 Å². The van der Waals surface area contributed by atoms with E-state index < -0.39 is 11.8 Å². The van der Waals surface area contributed by atoms with Crippen LogP contribution in [0, 0.1) is 0 Å². The summed E-state index contributed by atoms with van der Waals surface area (Å²) in [7, 11) is 2.86. The lowest BCUT2D eigenvalue weighted by atomic mass is 10.1. The Kier molecular flexibility index (Phi) is 6.41. The van der Waals surface area contributed by atoms with Gasteiger partial charge in [0, 0.05) is 18.9 Å². The van der Waals surface area contributed by atoms with Crippen molar-refractivity contribution < 1.29 is 28.6 Å². The Labute approximate surface area is 173 Å². The van der Waals surface area contributed by atoms with Gasteiger partial charge in [0.25, 0.3) is 5.91 Å². The first kappa shape index (κ1) is 21.0. The highest BCUT2D eigenvalue weighted by molar-refractivity contribution is 6.05. The quantitative estimate of drug-likeness (QED) is 0.716. The molecule has 0 fully saturated rings. The lowest BCUT2D eigenvalue weighted by molar-refractivity contribution is -0.122. The maximum atomic E-state index is 12.7. The van der Waals surface area contributed by atoms with Crippen LogP contribution in [-0.2, 0) is 9.59 Å². The van der Waals surface area contributed by atoms with Crippen LogP contribution in [0.5, 0.6) is 17.2 Å². The number of primary amides is 1.